The molecule has 0 aliphatic rings. The van der Waals surface area contributed by atoms with E-state index < -0.39 is 0 Å². The van der Waals surface area contributed by atoms with Gasteiger partial charge in [-0.25, -0.2) is 0 Å². The highest BCUT2D eigenvalue weighted by Crippen LogP contribution is 2.31. The number of aromatic amines is 1. The fourth-order valence-electron chi connectivity index (χ4n) is 2.67. The highest BCUT2D eigenvalue weighted by atomic mass is 16.5. The first-order valence-corrected chi connectivity index (χ1v) is 7.53. The van der Waals surface area contributed by atoms with Gasteiger partial charge in [-0.1, -0.05) is 18.2 Å². The molecule has 3 heterocycles. The monoisotopic (exact) mass is 317 g/mol. The van der Waals surface area contributed by atoms with Crippen LogP contribution in [0.4, 0.5) is 0 Å². The maximum Gasteiger partial charge on any atom is 0.233 e. The van der Waals surface area contributed by atoms with E-state index >= 15 is 0 Å². The molecular formula is C18H15N5O. The van der Waals surface area contributed by atoms with E-state index in [1.807, 2.05) is 43.5 Å². The number of hydrogen-bond donors (Lipinski definition) is 1. The molecule has 4 rings (SSSR count). The summed E-state index contributed by atoms with van der Waals surface area (Å²) in [7, 11) is 1.58. The van der Waals surface area contributed by atoms with Crippen molar-refractivity contribution in [3.8, 4) is 28.3 Å². The minimum atomic E-state index is 0.503. The first kappa shape index (κ1) is 14.3. The molecule has 1 N–H and O–H groups in total. The largest absolute Gasteiger partial charge is 0.480 e. The smallest absolute Gasteiger partial charge is 0.233 e. The number of aryl methyl sites for hydroxylation is 1. The summed E-state index contributed by atoms with van der Waals surface area (Å²) in [6, 6.07) is 12.0. The van der Waals surface area contributed by atoms with Gasteiger partial charge < -0.3 is 4.74 Å². The van der Waals surface area contributed by atoms with E-state index in [9.17, 15) is 0 Å². The first-order chi connectivity index (χ1) is 11.7. The average Bonchev–Trinajstić information content (AvgIpc) is 3.15. The van der Waals surface area contributed by atoms with Crippen LogP contribution in [0.3, 0.4) is 0 Å². The van der Waals surface area contributed by atoms with Crippen LogP contribution in [0.1, 0.15) is 5.69 Å². The zero-order valence-electron chi connectivity index (χ0n) is 13.3. The number of methoxy groups -OCH3 is 1. The lowest BCUT2D eigenvalue weighted by atomic mass is 10.00. The molecule has 0 spiro atoms. The van der Waals surface area contributed by atoms with E-state index in [1.54, 1.807) is 13.3 Å². The minimum Gasteiger partial charge on any atom is -0.480 e. The summed E-state index contributed by atoms with van der Waals surface area (Å²) in [6.45, 7) is 1.98. The lowest BCUT2D eigenvalue weighted by Gasteiger charge is -2.09. The van der Waals surface area contributed by atoms with Crippen molar-refractivity contribution in [3.63, 3.8) is 0 Å². The second kappa shape index (κ2) is 5.73. The summed E-state index contributed by atoms with van der Waals surface area (Å²) in [5, 5.41) is 16.1. The molecule has 0 aliphatic carbocycles. The van der Waals surface area contributed by atoms with Crippen molar-refractivity contribution < 1.29 is 4.74 Å². The van der Waals surface area contributed by atoms with Crippen molar-refractivity contribution in [1.82, 2.24) is 25.4 Å². The standard InChI is InChI=1S/C18H15N5O/c1-11-3-6-15(14-9-19-20-10-14)18(21-11)13-5-4-12-8-17(24-2)23-22-16(12)7-13/h3-10H,1-2H3,(H,19,20). The molecule has 6 nitrogen and oxygen atoms in total. The molecule has 0 aliphatic heterocycles. The van der Waals surface area contributed by atoms with E-state index in [4.69, 9.17) is 9.72 Å². The van der Waals surface area contributed by atoms with Crippen LogP contribution >= 0.6 is 0 Å². The maximum atomic E-state index is 5.12. The molecule has 1 aromatic carbocycles. The number of rotatable bonds is 3. The molecule has 24 heavy (non-hydrogen) atoms. The van der Waals surface area contributed by atoms with E-state index in [1.165, 1.54) is 0 Å². The van der Waals surface area contributed by atoms with Gasteiger partial charge in [-0.05, 0) is 19.1 Å². The van der Waals surface area contributed by atoms with E-state index in [2.05, 4.69) is 26.5 Å². The molecule has 0 atom stereocenters. The molecule has 3 aromatic heterocycles. The number of fused-ring (bicyclic) bond motifs is 1. The predicted octanol–water partition coefficient (Wildman–Crippen LogP) is 3.40. The Morgan fingerprint density at radius 2 is 1.92 bits per heavy atom. The van der Waals surface area contributed by atoms with Gasteiger partial charge in [0.2, 0.25) is 5.88 Å². The SMILES string of the molecule is COc1cc2ccc(-c3nc(C)ccc3-c3cn[nH]c3)cc2nn1. The molecule has 0 unspecified atom stereocenters. The summed E-state index contributed by atoms with van der Waals surface area (Å²) in [5.41, 5.74) is 5.67. The Morgan fingerprint density at radius 3 is 2.71 bits per heavy atom. The van der Waals surface area contributed by atoms with Crippen LogP contribution in [0.5, 0.6) is 5.88 Å². The molecule has 0 saturated heterocycles. The second-order valence-electron chi connectivity index (χ2n) is 5.50. The van der Waals surface area contributed by atoms with Gasteiger partial charge in [-0.3, -0.25) is 10.1 Å². The number of ether oxygens (including phenoxy) is 1. The van der Waals surface area contributed by atoms with Crippen LogP contribution in [0.15, 0.2) is 48.8 Å². The number of aromatic nitrogens is 5. The van der Waals surface area contributed by atoms with Crippen molar-refractivity contribution in [2.45, 2.75) is 6.92 Å². The Hall–Kier alpha value is -3.28. The normalized spacial score (nSPS) is 10.9. The lowest BCUT2D eigenvalue weighted by molar-refractivity contribution is 0.393. The summed E-state index contributed by atoms with van der Waals surface area (Å²) < 4.78 is 5.12. The maximum absolute atomic E-state index is 5.12. The Kier molecular flexibility index (Phi) is 3.42. The van der Waals surface area contributed by atoms with E-state index in [0.717, 1.165) is 39.0 Å². The highest BCUT2D eigenvalue weighted by molar-refractivity contribution is 5.87. The Morgan fingerprint density at radius 1 is 1.00 bits per heavy atom. The van der Waals surface area contributed by atoms with Gasteiger partial charge in [0.15, 0.2) is 0 Å². The molecule has 0 amide bonds. The third-order valence-corrected chi connectivity index (χ3v) is 3.89. The first-order valence-electron chi connectivity index (χ1n) is 7.53. The third-order valence-electron chi connectivity index (χ3n) is 3.89. The molecule has 0 fully saturated rings. The van der Waals surface area contributed by atoms with Crippen LogP contribution in [0.25, 0.3) is 33.3 Å². The number of benzene rings is 1. The predicted molar refractivity (Wildman–Crippen MR) is 91.6 cm³/mol. The summed E-state index contributed by atoms with van der Waals surface area (Å²) in [6.07, 6.45) is 3.66. The minimum absolute atomic E-state index is 0.503. The van der Waals surface area contributed by atoms with Crippen molar-refractivity contribution in [2.24, 2.45) is 0 Å². The van der Waals surface area contributed by atoms with Crippen LogP contribution in [-0.2, 0) is 0 Å². The number of pyridine rings is 1. The molecule has 0 saturated carbocycles. The summed E-state index contributed by atoms with van der Waals surface area (Å²) >= 11 is 0. The molecular weight excluding hydrogens is 302 g/mol. The summed E-state index contributed by atoms with van der Waals surface area (Å²) in [4.78, 5) is 4.73. The fourth-order valence-corrected chi connectivity index (χ4v) is 2.67. The lowest BCUT2D eigenvalue weighted by Crippen LogP contribution is -1.94. The van der Waals surface area contributed by atoms with Gasteiger partial charge in [0.05, 0.1) is 24.5 Å². The van der Waals surface area contributed by atoms with Crippen molar-refractivity contribution in [2.75, 3.05) is 7.11 Å². The van der Waals surface area contributed by atoms with Crippen LogP contribution in [0, 0.1) is 6.92 Å². The van der Waals surface area contributed by atoms with Gasteiger partial charge in [-0.15, -0.1) is 10.2 Å². The number of hydrogen-bond acceptors (Lipinski definition) is 5. The molecule has 4 aromatic rings. The van der Waals surface area contributed by atoms with Crippen LogP contribution in [-0.4, -0.2) is 32.5 Å². The zero-order chi connectivity index (χ0) is 16.5. The number of nitrogens with zero attached hydrogens (tertiary/aromatic N) is 4. The van der Waals surface area contributed by atoms with Gasteiger partial charge in [-0.2, -0.15) is 5.10 Å². The topological polar surface area (TPSA) is 76.6 Å². The quantitative estimate of drug-likeness (QED) is 0.626. The molecule has 0 bridgehead atoms. The van der Waals surface area contributed by atoms with Crippen molar-refractivity contribution in [1.29, 1.82) is 0 Å². The van der Waals surface area contributed by atoms with Crippen molar-refractivity contribution in [3.05, 3.63) is 54.5 Å². The van der Waals surface area contributed by atoms with Gasteiger partial charge in [0.25, 0.3) is 0 Å². The molecule has 0 radical (unpaired) electrons. The number of nitrogens with one attached hydrogen (secondary N) is 1. The Balaban J connectivity index is 1.89. The van der Waals surface area contributed by atoms with E-state index in [-0.39, 0.29) is 0 Å². The fraction of sp³-hybridized carbons (Fsp3) is 0.111. The van der Waals surface area contributed by atoms with Crippen LogP contribution in [0.2, 0.25) is 0 Å². The van der Waals surface area contributed by atoms with E-state index in [0.29, 0.717) is 5.88 Å². The van der Waals surface area contributed by atoms with Crippen molar-refractivity contribution >= 4 is 10.9 Å². The Labute approximate surface area is 138 Å². The summed E-state index contributed by atoms with van der Waals surface area (Å²) in [5.74, 6) is 0.503. The zero-order valence-corrected chi connectivity index (χ0v) is 13.3. The second-order valence-corrected chi connectivity index (χ2v) is 5.50. The highest BCUT2D eigenvalue weighted by Gasteiger charge is 2.12. The van der Waals surface area contributed by atoms with Gasteiger partial charge >= 0.3 is 0 Å². The Bertz CT molecular complexity index is 1010. The van der Waals surface area contributed by atoms with Gasteiger partial charge in [0.1, 0.15) is 0 Å². The molecule has 118 valence electrons. The number of H-pyrrole nitrogens is 1. The van der Waals surface area contributed by atoms with Crippen LogP contribution < -0.4 is 4.74 Å². The molecule has 6 heteroatoms. The van der Waals surface area contributed by atoms with Gasteiger partial charge in [0, 0.05) is 40.0 Å². The third kappa shape index (κ3) is 2.48. The average molecular weight is 317 g/mol.